The molecule has 0 saturated heterocycles. The number of hydrogen-bond acceptors (Lipinski definition) is 3. The van der Waals surface area contributed by atoms with Crippen LogP contribution in [0.25, 0.3) is 21.8 Å². The molecule has 3 aromatic rings. The summed E-state index contributed by atoms with van der Waals surface area (Å²) in [5.74, 6) is 0. The molecule has 96 valence electrons. The molecule has 0 atom stereocenters. The lowest BCUT2D eigenvalue weighted by Gasteiger charge is -2.20. The fourth-order valence-electron chi connectivity index (χ4n) is 2.60. The number of anilines is 1. The number of rotatable bonds is 1. The molecule has 3 heteroatoms. The van der Waals surface area contributed by atoms with Gasteiger partial charge in [0.2, 0.25) is 6.67 Å². The van der Waals surface area contributed by atoms with Crippen molar-refractivity contribution in [3.8, 4) is 0 Å². The summed E-state index contributed by atoms with van der Waals surface area (Å²) >= 11 is 0. The predicted molar refractivity (Wildman–Crippen MR) is 81.9 cm³/mol. The van der Waals surface area contributed by atoms with E-state index in [0.717, 1.165) is 27.5 Å². The van der Waals surface area contributed by atoms with Gasteiger partial charge in [-0.2, -0.15) is 0 Å². The molecule has 2 heterocycles. The Labute approximate surface area is 117 Å². The molecule has 0 N–H and O–H groups in total. The zero-order valence-corrected chi connectivity index (χ0v) is 11.1. The van der Waals surface area contributed by atoms with Crippen molar-refractivity contribution in [3.63, 3.8) is 0 Å². The molecule has 0 aliphatic carbocycles. The molecule has 4 rings (SSSR count). The van der Waals surface area contributed by atoms with E-state index >= 15 is 0 Å². The van der Waals surface area contributed by atoms with Crippen molar-refractivity contribution in [1.29, 1.82) is 0 Å². The second kappa shape index (κ2) is 4.23. The Morgan fingerprint density at radius 1 is 0.850 bits per heavy atom. The zero-order valence-electron chi connectivity index (χ0n) is 11.1. The smallest absolute Gasteiger partial charge is 0.212 e. The quantitative estimate of drug-likeness (QED) is 0.622. The number of aromatic nitrogens is 1. The molecule has 1 aromatic heterocycles. The van der Waals surface area contributed by atoms with Gasteiger partial charge in [-0.05, 0) is 12.1 Å². The van der Waals surface area contributed by atoms with E-state index in [-0.39, 0.29) is 0 Å². The van der Waals surface area contributed by atoms with Crippen LogP contribution in [0.4, 0.5) is 5.69 Å². The third-order valence-corrected chi connectivity index (χ3v) is 3.50. The van der Waals surface area contributed by atoms with Crippen LogP contribution in [-0.2, 0) is 0 Å². The first-order valence-electron chi connectivity index (χ1n) is 6.57. The number of para-hydroxylation sites is 2. The molecule has 1 aliphatic rings. The average molecular weight is 259 g/mol. The lowest BCUT2D eigenvalue weighted by molar-refractivity contribution is 0.575. The molecule has 0 saturated carbocycles. The number of hydrogen-bond donors (Lipinski definition) is 0. The molecular formula is C17H13N3. The van der Waals surface area contributed by atoms with Gasteiger partial charge in [0.1, 0.15) is 0 Å². The van der Waals surface area contributed by atoms with Crippen molar-refractivity contribution in [2.24, 2.45) is 0 Å². The van der Waals surface area contributed by atoms with Gasteiger partial charge in [-0.15, -0.1) is 0 Å². The number of pyridine rings is 1. The predicted octanol–water partition coefficient (Wildman–Crippen LogP) is 3.61. The second-order valence-electron chi connectivity index (χ2n) is 4.87. The maximum atomic E-state index is 4.74. The summed E-state index contributed by atoms with van der Waals surface area (Å²) in [6.07, 6.45) is 4.01. The zero-order chi connectivity index (χ0) is 13.5. The van der Waals surface area contributed by atoms with Gasteiger partial charge in [0, 0.05) is 30.2 Å². The van der Waals surface area contributed by atoms with Crippen LogP contribution >= 0.6 is 0 Å². The summed E-state index contributed by atoms with van der Waals surface area (Å²) in [6, 6.07) is 16.5. The second-order valence-corrected chi connectivity index (χ2v) is 4.87. The van der Waals surface area contributed by atoms with Gasteiger partial charge in [-0.25, -0.2) is 4.98 Å². The summed E-state index contributed by atoms with van der Waals surface area (Å²) in [6.45, 7) is 3.28. The summed E-state index contributed by atoms with van der Waals surface area (Å²) in [7, 11) is 1.97. The van der Waals surface area contributed by atoms with Crippen LogP contribution in [0.3, 0.4) is 0 Å². The molecule has 0 fully saturated rings. The Balaban J connectivity index is 2.09. The highest BCUT2D eigenvalue weighted by molar-refractivity contribution is 6.08. The summed E-state index contributed by atoms with van der Waals surface area (Å²) in [5, 5.41) is 2.28. The van der Waals surface area contributed by atoms with Gasteiger partial charge in [0.05, 0.1) is 16.7 Å². The minimum absolute atomic E-state index is 1.01. The van der Waals surface area contributed by atoms with Gasteiger partial charge in [-0.3, -0.25) is 0 Å². The Morgan fingerprint density at radius 2 is 1.45 bits per heavy atom. The van der Waals surface area contributed by atoms with Crippen molar-refractivity contribution < 1.29 is 0 Å². The highest BCUT2D eigenvalue weighted by atomic mass is 15.3. The molecule has 0 spiro atoms. The third kappa shape index (κ3) is 1.63. The maximum Gasteiger partial charge on any atom is 0.212 e. The van der Waals surface area contributed by atoms with Crippen LogP contribution in [-0.4, -0.2) is 16.9 Å². The first-order valence-corrected chi connectivity index (χ1v) is 6.57. The van der Waals surface area contributed by atoms with E-state index in [0.29, 0.717) is 0 Å². The van der Waals surface area contributed by atoms with Crippen LogP contribution in [0.15, 0.2) is 60.9 Å². The van der Waals surface area contributed by atoms with Crippen LogP contribution in [0.5, 0.6) is 0 Å². The largest absolute Gasteiger partial charge is 0.349 e. The molecule has 1 aliphatic heterocycles. The third-order valence-electron chi connectivity index (χ3n) is 3.50. The lowest BCUT2D eigenvalue weighted by Crippen LogP contribution is -2.15. The lowest BCUT2D eigenvalue weighted by atomic mass is 10.1. The van der Waals surface area contributed by atoms with E-state index in [1.54, 1.807) is 0 Å². The SMILES string of the molecule is CN1[C]N(c2c3ccccc3nc3ccccc23)C=C1. The fourth-order valence-corrected chi connectivity index (χ4v) is 2.60. The minimum Gasteiger partial charge on any atom is -0.349 e. The Kier molecular flexibility index (Phi) is 2.39. The standard InChI is InChI=1S/C17H13N3/c1-19-10-11-20(12-19)17-13-6-2-4-8-15(13)18-16-9-5-3-7-14(16)17/h2-11H,1H3. The van der Waals surface area contributed by atoms with E-state index in [2.05, 4.69) is 30.9 Å². The first-order chi connectivity index (χ1) is 9.83. The van der Waals surface area contributed by atoms with Crippen molar-refractivity contribution in [2.75, 3.05) is 11.9 Å². The van der Waals surface area contributed by atoms with Gasteiger partial charge < -0.3 is 9.80 Å². The Morgan fingerprint density at radius 3 is 2.00 bits per heavy atom. The van der Waals surface area contributed by atoms with Crippen LogP contribution in [0, 0.1) is 6.67 Å². The fraction of sp³-hybridized carbons (Fsp3) is 0.0588. The van der Waals surface area contributed by atoms with Crippen LogP contribution in [0.2, 0.25) is 0 Å². The summed E-state index contributed by atoms with van der Waals surface area (Å²) < 4.78 is 0. The number of benzene rings is 2. The monoisotopic (exact) mass is 259 g/mol. The number of nitrogens with zero attached hydrogens (tertiary/aromatic N) is 3. The molecule has 2 radical (unpaired) electrons. The summed E-state index contributed by atoms with van der Waals surface area (Å²) in [5.41, 5.74) is 3.14. The van der Waals surface area contributed by atoms with Gasteiger partial charge in [0.25, 0.3) is 0 Å². The van der Waals surface area contributed by atoms with Crippen LogP contribution in [0.1, 0.15) is 0 Å². The van der Waals surface area contributed by atoms with E-state index in [1.165, 1.54) is 0 Å². The van der Waals surface area contributed by atoms with E-state index in [4.69, 9.17) is 4.98 Å². The molecule has 2 aromatic carbocycles. The maximum absolute atomic E-state index is 4.74. The average Bonchev–Trinajstić information content (AvgIpc) is 2.91. The van der Waals surface area contributed by atoms with E-state index < -0.39 is 0 Å². The first kappa shape index (κ1) is 11.3. The molecule has 0 amide bonds. The highest BCUT2D eigenvalue weighted by Gasteiger charge is 2.18. The van der Waals surface area contributed by atoms with E-state index in [9.17, 15) is 0 Å². The molecule has 20 heavy (non-hydrogen) atoms. The highest BCUT2D eigenvalue weighted by Crippen LogP contribution is 2.35. The van der Waals surface area contributed by atoms with E-state index in [1.807, 2.05) is 53.5 Å². The van der Waals surface area contributed by atoms with Gasteiger partial charge in [0.15, 0.2) is 0 Å². The molecular weight excluding hydrogens is 246 g/mol. The van der Waals surface area contributed by atoms with Crippen molar-refractivity contribution in [1.82, 2.24) is 9.88 Å². The number of fused-ring (bicyclic) bond motifs is 2. The Bertz CT molecular complexity index is 769. The van der Waals surface area contributed by atoms with Gasteiger partial charge >= 0.3 is 0 Å². The summed E-state index contributed by atoms with van der Waals surface area (Å²) in [4.78, 5) is 8.69. The van der Waals surface area contributed by atoms with Crippen molar-refractivity contribution in [3.05, 3.63) is 67.6 Å². The molecule has 0 unspecified atom stereocenters. The minimum atomic E-state index is 1.01. The van der Waals surface area contributed by atoms with Gasteiger partial charge in [-0.1, -0.05) is 36.4 Å². The van der Waals surface area contributed by atoms with Crippen molar-refractivity contribution >= 4 is 27.5 Å². The Hall–Kier alpha value is -2.55. The topological polar surface area (TPSA) is 19.4 Å². The van der Waals surface area contributed by atoms with Crippen LogP contribution < -0.4 is 4.90 Å². The normalized spacial score (nSPS) is 14.7. The molecule has 0 bridgehead atoms. The van der Waals surface area contributed by atoms with Crippen molar-refractivity contribution in [2.45, 2.75) is 0 Å². The molecule has 3 nitrogen and oxygen atoms in total.